The van der Waals surface area contributed by atoms with E-state index in [1.54, 1.807) is 31.8 Å². The number of aliphatic carboxylic acids is 1. The van der Waals surface area contributed by atoms with E-state index >= 15 is 0 Å². The number of hydrogen-bond donors (Lipinski definition) is 2. The SMILES string of the molecule is Cc1nn(C)cc1C(O)CC(C)C(=O)O. The summed E-state index contributed by atoms with van der Waals surface area (Å²) in [5.74, 6) is -1.45. The second-order valence-electron chi connectivity index (χ2n) is 3.83. The smallest absolute Gasteiger partial charge is 0.306 e. The van der Waals surface area contributed by atoms with E-state index in [-0.39, 0.29) is 6.42 Å². The van der Waals surface area contributed by atoms with Crippen molar-refractivity contribution in [2.75, 3.05) is 0 Å². The van der Waals surface area contributed by atoms with Gasteiger partial charge in [0.25, 0.3) is 0 Å². The Kier molecular flexibility index (Phi) is 3.47. The molecule has 0 aliphatic heterocycles. The maximum absolute atomic E-state index is 10.6. The Morgan fingerprint density at radius 2 is 2.27 bits per heavy atom. The summed E-state index contributed by atoms with van der Waals surface area (Å²) >= 11 is 0. The molecule has 0 aliphatic rings. The number of aromatic nitrogens is 2. The average molecular weight is 212 g/mol. The van der Waals surface area contributed by atoms with Gasteiger partial charge in [-0.05, 0) is 13.3 Å². The van der Waals surface area contributed by atoms with Crippen molar-refractivity contribution >= 4 is 5.97 Å². The third kappa shape index (κ3) is 2.79. The highest BCUT2D eigenvalue weighted by Crippen LogP contribution is 2.23. The molecule has 2 atom stereocenters. The number of hydrogen-bond acceptors (Lipinski definition) is 3. The van der Waals surface area contributed by atoms with Gasteiger partial charge in [0.05, 0.1) is 17.7 Å². The topological polar surface area (TPSA) is 75.3 Å². The molecule has 0 fully saturated rings. The quantitative estimate of drug-likeness (QED) is 0.776. The first-order valence-corrected chi connectivity index (χ1v) is 4.82. The van der Waals surface area contributed by atoms with Crippen LogP contribution in [0.15, 0.2) is 6.20 Å². The third-order valence-corrected chi connectivity index (χ3v) is 2.41. The molecule has 84 valence electrons. The van der Waals surface area contributed by atoms with Crippen LogP contribution in [-0.4, -0.2) is 26.0 Å². The summed E-state index contributed by atoms with van der Waals surface area (Å²) in [5, 5.41) is 22.6. The number of aliphatic hydroxyl groups is 1. The molecule has 0 saturated carbocycles. The van der Waals surface area contributed by atoms with Crippen LogP contribution in [0, 0.1) is 12.8 Å². The highest BCUT2D eigenvalue weighted by molar-refractivity contribution is 5.69. The Hall–Kier alpha value is -1.36. The maximum Gasteiger partial charge on any atom is 0.306 e. The molecular weight excluding hydrogens is 196 g/mol. The van der Waals surface area contributed by atoms with Gasteiger partial charge in [-0.1, -0.05) is 6.92 Å². The van der Waals surface area contributed by atoms with Gasteiger partial charge in [0.1, 0.15) is 0 Å². The third-order valence-electron chi connectivity index (χ3n) is 2.41. The minimum absolute atomic E-state index is 0.210. The predicted octanol–water partition coefficient (Wildman–Crippen LogP) is 0.873. The fourth-order valence-electron chi connectivity index (χ4n) is 1.51. The monoisotopic (exact) mass is 212 g/mol. The summed E-state index contributed by atoms with van der Waals surface area (Å²) in [5.41, 5.74) is 1.44. The van der Waals surface area contributed by atoms with Crippen molar-refractivity contribution in [1.82, 2.24) is 9.78 Å². The Balaban J connectivity index is 2.72. The van der Waals surface area contributed by atoms with E-state index in [4.69, 9.17) is 5.11 Å². The number of rotatable bonds is 4. The standard InChI is InChI=1S/C10H16N2O3/c1-6(10(14)15)4-9(13)8-5-12(3)11-7(8)2/h5-6,9,13H,4H2,1-3H3,(H,14,15). The number of carbonyl (C=O) groups is 1. The fourth-order valence-corrected chi connectivity index (χ4v) is 1.51. The maximum atomic E-state index is 10.6. The van der Waals surface area contributed by atoms with Crippen molar-refractivity contribution in [3.05, 3.63) is 17.5 Å². The molecule has 15 heavy (non-hydrogen) atoms. The summed E-state index contributed by atoms with van der Waals surface area (Å²) in [6.45, 7) is 3.38. The summed E-state index contributed by atoms with van der Waals surface area (Å²) in [4.78, 5) is 10.6. The van der Waals surface area contributed by atoms with Gasteiger partial charge in [-0.25, -0.2) is 0 Å². The molecule has 1 rings (SSSR count). The van der Waals surface area contributed by atoms with Crippen LogP contribution < -0.4 is 0 Å². The average Bonchev–Trinajstić information content (AvgIpc) is 2.44. The Morgan fingerprint density at radius 1 is 1.67 bits per heavy atom. The van der Waals surface area contributed by atoms with Crippen LogP contribution in [0.3, 0.4) is 0 Å². The molecule has 1 heterocycles. The van der Waals surface area contributed by atoms with Crippen LogP contribution in [0.5, 0.6) is 0 Å². The van der Waals surface area contributed by atoms with Gasteiger partial charge in [0.15, 0.2) is 0 Å². The molecular formula is C10H16N2O3. The van der Waals surface area contributed by atoms with Crippen LogP contribution >= 0.6 is 0 Å². The van der Waals surface area contributed by atoms with Crippen molar-refractivity contribution < 1.29 is 15.0 Å². The fraction of sp³-hybridized carbons (Fsp3) is 0.600. The summed E-state index contributed by atoms with van der Waals surface area (Å²) in [6, 6.07) is 0. The largest absolute Gasteiger partial charge is 0.481 e. The summed E-state index contributed by atoms with van der Waals surface area (Å²) in [6.07, 6.45) is 1.17. The second kappa shape index (κ2) is 4.44. The molecule has 1 aromatic rings. The van der Waals surface area contributed by atoms with E-state index in [0.29, 0.717) is 5.56 Å². The first-order valence-electron chi connectivity index (χ1n) is 4.82. The number of carboxylic acids is 1. The summed E-state index contributed by atoms with van der Waals surface area (Å²) in [7, 11) is 1.77. The van der Waals surface area contributed by atoms with Crippen LogP contribution in [0.2, 0.25) is 0 Å². The van der Waals surface area contributed by atoms with Crippen molar-refractivity contribution in [3.8, 4) is 0 Å². The first-order chi connectivity index (χ1) is 6.91. The normalized spacial score (nSPS) is 14.9. The van der Waals surface area contributed by atoms with Gasteiger partial charge in [0, 0.05) is 18.8 Å². The van der Waals surface area contributed by atoms with Crippen LogP contribution in [0.4, 0.5) is 0 Å². The highest BCUT2D eigenvalue weighted by atomic mass is 16.4. The molecule has 1 aromatic heterocycles. The molecule has 0 saturated heterocycles. The highest BCUT2D eigenvalue weighted by Gasteiger charge is 2.20. The molecule has 0 aromatic carbocycles. The van der Waals surface area contributed by atoms with Gasteiger partial charge < -0.3 is 10.2 Å². The second-order valence-corrected chi connectivity index (χ2v) is 3.83. The molecule has 0 bridgehead atoms. The van der Waals surface area contributed by atoms with E-state index in [1.165, 1.54) is 0 Å². The Morgan fingerprint density at radius 3 is 2.67 bits per heavy atom. The van der Waals surface area contributed by atoms with Crippen molar-refractivity contribution in [2.24, 2.45) is 13.0 Å². The zero-order chi connectivity index (χ0) is 11.6. The minimum atomic E-state index is -0.893. The molecule has 0 amide bonds. The molecule has 0 spiro atoms. The molecule has 2 N–H and O–H groups in total. The molecule has 5 nitrogen and oxygen atoms in total. The molecule has 0 aliphatic carbocycles. The number of carboxylic acid groups (broad SMARTS) is 1. The lowest BCUT2D eigenvalue weighted by molar-refractivity contribution is -0.142. The van der Waals surface area contributed by atoms with E-state index in [1.807, 2.05) is 0 Å². The lowest BCUT2D eigenvalue weighted by Crippen LogP contribution is -2.13. The van der Waals surface area contributed by atoms with Gasteiger partial charge in [-0.15, -0.1) is 0 Å². The van der Waals surface area contributed by atoms with Gasteiger partial charge in [0.2, 0.25) is 0 Å². The minimum Gasteiger partial charge on any atom is -0.481 e. The van der Waals surface area contributed by atoms with Crippen LogP contribution in [-0.2, 0) is 11.8 Å². The van der Waals surface area contributed by atoms with E-state index < -0.39 is 18.0 Å². The number of aliphatic hydroxyl groups excluding tert-OH is 1. The lowest BCUT2D eigenvalue weighted by atomic mass is 9.99. The zero-order valence-corrected chi connectivity index (χ0v) is 9.14. The zero-order valence-electron chi connectivity index (χ0n) is 9.14. The first kappa shape index (κ1) is 11.7. The van der Waals surface area contributed by atoms with E-state index in [0.717, 1.165) is 5.69 Å². The number of nitrogens with zero attached hydrogens (tertiary/aromatic N) is 2. The van der Waals surface area contributed by atoms with Crippen molar-refractivity contribution in [2.45, 2.75) is 26.4 Å². The number of aryl methyl sites for hydroxylation is 2. The molecule has 2 unspecified atom stereocenters. The van der Waals surface area contributed by atoms with Crippen molar-refractivity contribution in [3.63, 3.8) is 0 Å². The lowest BCUT2D eigenvalue weighted by Gasteiger charge is -2.12. The summed E-state index contributed by atoms with van der Waals surface area (Å²) < 4.78 is 1.61. The van der Waals surface area contributed by atoms with E-state index in [9.17, 15) is 9.90 Å². The van der Waals surface area contributed by atoms with Gasteiger partial charge in [-0.3, -0.25) is 9.48 Å². The van der Waals surface area contributed by atoms with E-state index in [2.05, 4.69) is 5.10 Å². The van der Waals surface area contributed by atoms with Crippen LogP contribution in [0.25, 0.3) is 0 Å². The molecule has 0 radical (unpaired) electrons. The Bertz CT molecular complexity index is 360. The van der Waals surface area contributed by atoms with Crippen molar-refractivity contribution in [1.29, 1.82) is 0 Å². The Labute approximate surface area is 88.3 Å². The molecule has 5 heteroatoms. The van der Waals surface area contributed by atoms with Gasteiger partial charge >= 0.3 is 5.97 Å². The van der Waals surface area contributed by atoms with Crippen LogP contribution in [0.1, 0.15) is 30.7 Å². The van der Waals surface area contributed by atoms with Gasteiger partial charge in [-0.2, -0.15) is 5.10 Å². The predicted molar refractivity (Wildman–Crippen MR) is 54.3 cm³/mol.